The second-order valence-corrected chi connectivity index (χ2v) is 9.31. The summed E-state index contributed by atoms with van der Waals surface area (Å²) in [4.78, 5) is 22.3. The zero-order valence-electron chi connectivity index (χ0n) is 19.1. The summed E-state index contributed by atoms with van der Waals surface area (Å²) in [6, 6.07) is 9.79. The van der Waals surface area contributed by atoms with Gasteiger partial charge in [0.15, 0.2) is 11.4 Å². The van der Waals surface area contributed by atoms with Crippen LogP contribution in [0.2, 0.25) is 5.02 Å². The standard InChI is InChI=1S/C26H23ClN6O2/c1-15(34)32-8-5-18(6-9-32)33-14-16(12-31-33)22-13-30-26(28)25-21(22)11-24(35-25)20-4-7-29-23-10-17(27)2-3-19(20)23/h2-4,7,10-14,18H,5-6,8-9H2,1H3,(H2,28,30). The van der Waals surface area contributed by atoms with E-state index < -0.39 is 0 Å². The number of hydrogen-bond acceptors (Lipinski definition) is 6. The predicted molar refractivity (Wildman–Crippen MR) is 136 cm³/mol. The average molecular weight is 487 g/mol. The maximum atomic E-state index is 11.6. The molecule has 1 aliphatic rings. The van der Waals surface area contributed by atoms with Gasteiger partial charge in [-0.25, -0.2) is 4.98 Å². The Balaban J connectivity index is 1.38. The number of fused-ring (bicyclic) bond motifs is 2. The number of benzene rings is 1. The van der Waals surface area contributed by atoms with Crippen LogP contribution in [0.1, 0.15) is 25.8 Å². The van der Waals surface area contributed by atoms with Gasteiger partial charge < -0.3 is 15.1 Å². The fourth-order valence-corrected chi connectivity index (χ4v) is 5.03. The molecule has 1 fully saturated rings. The summed E-state index contributed by atoms with van der Waals surface area (Å²) in [7, 11) is 0. The Morgan fingerprint density at radius 2 is 1.91 bits per heavy atom. The van der Waals surface area contributed by atoms with Crippen molar-refractivity contribution in [2.45, 2.75) is 25.8 Å². The first-order valence-corrected chi connectivity index (χ1v) is 11.9. The molecule has 0 spiro atoms. The molecule has 1 saturated heterocycles. The summed E-state index contributed by atoms with van der Waals surface area (Å²) in [5.41, 5.74) is 10.3. The average Bonchev–Trinajstić information content (AvgIpc) is 3.52. The third kappa shape index (κ3) is 3.80. The number of piperidine rings is 1. The molecular formula is C26H23ClN6O2. The van der Waals surface area contributed by atoms with E-state index in [2.05, 4.69) is 15.1 Å². The second kappa shape index (κ2) is 8.39. The van der Waals surface area contributed by atoms with Gasteiger partial charge in [-0.05, 0) is 37.1 Å². The topological polar surface area (TPSA) is 103 Å². The molecule has 0 bridgehead atoms. The largest absolute Gasteiger partial charge is 0.452 e. The fraction of sp³-hybridized carbons (Fsp3) is 0.231. The van der Waals surface area contributed by atoms with Crippen molar-refractivity contribution in [2.24, 2.45) is 0 Å². The van der Waals surface area contributed by atoms with Crippen LogP contribution in [0.4, 0.5) is 5.82 Å². The first-order chi connectivity index (χ1) is 17.0. The number of carbonyl (C=O) groups is 1. The van der Waals surface area contributed by atoms with Crippen LogP contribution in [0.5, 0.6) is 0 Å². The molecule has 0 radical (unpaired) electrons. The number of anilines is 1. The van der Waals surface area contributed by atoms with Gasteiger partial charge >= 0.3 is 0 Å². The molecule has 5 aromatic rings. The highest BCUT2D eigenvalue weighted by Crippen LogP contribution is 2.39. The van der Waals surface area contributed by atoms with Crippen LogP contribution in [0.25, 0.3) is 44.3 Å². The first-order valence-electron chi connectivity index (χ1n) is 11.5. The lowest BCUT2D eigenvalue weighted by Gasteiger charge is -2.31. The molecule has 35 heavy (non-hydrogen) atoms. The molecule has 1 amide bonds. The number of aromatic nitrogens is 4. The zero-order valence-corrected chi connectivity index (χ0v) is 19.9. The highest BCUT2D eigenvalue weighted by Gasteiger charge is 2.23. The van der Waals surface area contributed by atoms with E-state index in [-0.39, 0.29) is 11.9 Å². The fourth-order valence-electron chi connectivity index (χ4n) is 4.86. The van der Waals surface area contributed by atoms with Gasteiger partial charge in [-0.1, -0.05) is 17.7 Å². The normalized spacial score (nSPS) is 14.7. The molecule has 176 valence electrons. The van der Waals surface area contributed by atoms with Gasteiger partial charge in [0, 0.05) is 71.1 Å². The Morgan fingerprint density at radius 1 is 1.09 bits per heavy atom. The lowest BCUT2D eigenvalue weighted by atomic mass is 10.0. The van der Waals surface area contributed by atoms with Gasteiger partial charge in [0.2, 0.25) is 5.91 Å². The van der Waals surface area contributed by atoms with E-state index in [0.717, 1.165) is 58.9 Å². The number of likely N-dealkylation sites (tertiary alicyclic amines) is 1. The summed E-state index contributed by atoms with van der Waals surface area (Å²) in [6.07, 6.45) is 9.15. The van der Waals surface area contributed by atoms with Gasteiger partial charge in [0.05, 0.1) is 17.8 Å². The minimum Gasteiger partial charge on any atom is -0.452 e. The Labute approximate surface area is 206 Å². The Hall–Kier alpha value is -3.91. The lowest BCUT2D eigenvalue weighted by molar-refractivity contribution is -0.130. The van der Waals surface area contributed by atoms with Crippen molar-refractivity contribution in [3.8, 4) is 22.5 Å². The molecule has 0 unspecified atom stereocenters. The summed E-state index contributed by atoms with van der Waals surface area (Å²) in [5.74, 6) is 1.14. The van der Waals surface area contributed by atoms with Crippen molar-refractivity contribution in [3.05, 3.63) is 60.1 Å². The van der Waals surface area contributed by atoms with Gasteiger partial charge in [0.1, 0.15) is 5.76 Å². The number of pyridine rings is 2. The number of amides is 1. The molecule has 1 aromatic carbocycles. The van der Waals surface area contributed by atoms with Gasteiger partial charge in [-0.15, -0.1) is 0 Å². The maximum Gasteiger partial charge on any atom is 0.219 e. The summed E-state index contributed by atoms with van der Waals surface area (Å²) < 4.78 is 8.23. The highest BCUT2D eigenvalue weighted by atomic mass is 35.5. The van der Waals surface area contributed by atoms with Crippen molar-refractivity contribution in [2.75, 3.05) is 18.8 Å². The molecule has 0 atom stereocenters. The van der Waals surface area contributed by atoms with Crippen LogP contribution in [0.3, 0.4) is 0 Å². The van der Waals surface area contributed by atoms with Crippen molar-refractivity contribution in [3.63, 3.8) is 0 Å². The molecule has 0 saturated carbocycles. The predicted octanol–water partition coefficient (Wildman–Crippen LogP) is 5.33. The smallest absolute Gasteiger partial charge is 0.219 e. The van der Waals surface area contributed by atoms with E-state index in [9.17, 15) is 4.79 Å². The third-order valence-electron chi connectivity index (χ3n) is 6.75. The molecule has 9 heteroatoms. The van der Waals surface area contributed by atoms with Crippen molar-refractivity contribution >= 4 is 45.2 Å². The lowest BCUT2D eigenvalue weighted by Crippen LogP contribution is -2.37. The van der Waals surface area contributed by atoms with Gasteiger partial charge in [0.25, 0.3) is 0 Å². The zero-order chi connectivity index (χ0) is 24.1. The molecule has 8 nitrogen and oxygen atoms in total. The van der Waals surface area contributed by atoms with Gasteiger partial charge in [-0.3, -0.25) is 14.5 Å². The number of nitrogen functional groups attached to an aromatic ring is 1. The number of furan rings is 1. The van der Waals surface area contributed by atoms with Crippen LogP contribution in [-0.4, -0.2) is 43.6 Å². The molecular weight excluding hydrogens is 464 g/mol. The van der Waals surface area contributed by atoms with Crippen LogP contribution in [-0.2, 0) is 4.79 Å². The molecule has 2 N–H and O–H groups in total. The van der Waals surface area contributed by atoms with Crippen LogP contribution < -0.4 is 5.73 Å². The van der Waals surface area contributed by atoms with Crippen LogP contribution in [0, 0.1) is 0 Å². The van der Waals surface area contributed by atoms with E-state index >= 15 is 0 Å². The second-order valence-electron chi connectivity index (χ2n) is 8.88. The summed E-state index contributed by atoms with van der Waals surface area (Å²) >= 11 is 6.16. The highest BCUT2D eigenvalue weighted by molar-refractivity contribution is 6.31. The van der Waals surface area contributed by atoms with E-state index in [0.29, 0.717) is 22.2 Å². The Morgan fingerprint density at radius 3 is 2.71 bits per heavy atom. The van der Waals surface area contributed by atoms with E-state index in [4.69, 9.17) is 21.8 Å². The van der Waals surface area contributed by atoms with E-state index in [1.807, 2.05) is 52.3 Å². The number of carbonyl (C=O) groups excluding carboxylic acids is 1. The van der Waals surface area contributed by atoms with Crippen LogP contribution in [0.15, 0.2) is 59.5 Å². The molecule has 5 heterocycles. The SMILES string of the molecule is CC(=O)N1CCC(n2cc(-c3cnc(N)c4oc(-c5ccnc6cc(Cl)ccc56)cc34)cn2)CC1. The quantitative estimate of drug-likeness (QED) is 0.370. The first kappa shape index (κ1) is 21.6. The third-order valence-corrected chi connectivity index (χ3v) is 6.99. The monoisotopic (exact) mass is 486 g/mol. The Kier molecular flexibility index (Phi) is 5.18. The minimum atomic E-state index is 0.126. The van der Waals surface area contributed by atoms with Crippen LogP contribution >= 0.6 is 11.6 Å². The molecule has 0 aliphatic carbocycles. The number of halogens is 1. The molecule has 6 rings (SSSR count). The number of hydrogen-bond donors (Lipinski definition) is 1. The maximum absolute atomic E-state index is 11.6. The van der Waals surface area contributed by atoms with Crippen molar-refractivity contribution < 1.29 is 9.21 Å². The van der Waals surface area contributed by atoms with E-state index in [1.54, 1.807) is 19.3 Å². The number of nitrogens with two attached hydrogens (primary N) is 1. The van der Waals surface area contributed by atoms with Crippen molar-refractivity contribution in [1.82, 2.24) is 24.6 Å². The summed E-state index contributed by atoms with van der Waals surface area (Å²) in [5, 5.41) is 7.07. The van der Waals surface area contributed by atoms with Gasteiger partial charge in [-0.2, -0.15) is 5.10 Å². The molecule has 4 aromatic heterocycles. The summed E-state index contributed by atoms with van der Waals surface area (Å²) in [6.45, 7) is 3.12. The minimum absolute atomic E-state index is 0.126. The molecule has 1 aliphatic heterocycles. The number of nitrogens with zero attached hydrogens (tertiary/aromatic N) is 5. The number of rotatable bonds is 3. The Bertz CT molecular complexity index is 1580. The van der Waals surface area contributed by atoms with E-state index in [1.165, 1.54) is 0 Å². The van der Waals surface area contributed by atoms with Crippen molar-refractivity contribution in [1.29, 1.82) is 0 Å².